The molecule has 0 bridgehead atoms. The van der Waals surface area contributed by atoms with E-state index in [1.54, 1.807) is 21.7 Å². The van der Waals surface area contributed by atoms with Gasteiger partial charge >= 0.3 is 6.09 Å². The molecule has 1 amide bonds. The molecule has 0 atom stereocenters. The Morgan fingerprint density at radius 3 is 2.82 bits per heavy atom. The Labute approximate surface area is 171 Å². The summed E-state index contributed by atoms with van der Waals surface area (Å²) in [6, 6.07) is 5.33. The van der Waals surface area contributed by atoms with Gasteiger partial charge in [-0.15, -0.1) is 0 Å². The van der Waals surface area contributed by atoms with Crippen molar-refractivity contribution in [2.45, 2.75) is 45.8 Å². The van der Waals surface area contributed by atoms with Crippen LogP contribution in [0.1, 0.15) is 37.7 Å². The van der Waals surface area contributed by atoms with Crippen molar-refractivity contribution in [3.05, 3.63) is 39.4 Å². The monoisotopic (exact) mass is 449 g/mol. The van der Waals surface area contributed by atoms with Crippen LogP contribution in [0.25, 0.3) is 5.69 Å². The van der Waals surface area contributed by atoms with E-state index in [1.165, 1.54) is 0 Å². The molecule has 0 saturated heterocycles. The summed E-state index contributed by atoms with van der Waals surface area (Å²) in [6.07, 6.45) is 0.156. The van der Waals surface area contributed by atoms with Gasteiger partial charge in [0.1, 0.15) is 5.60 Å². The van der Waals surface area contributed by atoms with Crippen molar-refractivity contribution in [2.75, 3.05) is 12.3 Å². The second kappa shape index (κ2) is 7.43. The van der Waals surface area contributed by atoms with E-state index in [1.807, 2.05) is 20.8 Å². The van der Waals surface area contributed by atoms with Crippen LogP contribution in [-0.4, -0.2) is 32.9 Å². The van der Waals surface area contributed by atoms with Gasteiger partial charge in [-0.05, 0) is 48.8 Å². The fourth-order valence-corrected chi connectivity index (χ4v) is 3.47. The number of nitrogens with zero attached hydrogens (tertiary/aromatic N) is 4. The average Bonchev–Trinajstić information content (AvgIpc) is 2.96. The third-order valence-corrected chi connectivity index (χ3v) is 4.99. The van der Waals surface area contributed by atoms with Gasteiger partial charge in [0.05, 0.1) is 46.3 Å². The van der Waals surface area contributed by atoms with E-state index in [4.69, 9.17) is 15.7 Å². The van der Waals surface area contributed by atoms with Crippen molar-refractivity contribution in [1.29, 1.82) is 5.26 Å². The first kappa shape index (κ1) is 20.1. The zero-order chi connectivity index (χ0) is 20.6. The molecule has 1 aromatic heterocycles. The largest absolute Gasteiger partial charge is 0.444 e. The highest BCUT2D eigenvalue weighted by molar-refractivity contribution is 9.10. The normalized spacial score (nSPS) is 13.8. The maximum Gasteiger partial charge on any atom is 0.410 e. The molecule has 28 heavy (non-hydrogen) atoms. The zero-order valence-electron chi connectivity index (χ0n) is 15.9. The summed E-state index contributed by atoms with van der Waals surface area (Å²) in [5, 5.41) is 13.7. The number of amides is 1. The van der Waals surface area contributed by atoms with Crippen molar-refractivity contribution in [3.8, 4) is 11.8 Å². The molecule has 0 radical (unpaired) electrons. The number of nitrogens with two attached hydrogens (primary N) is 1. The quantitative estimate of drug-likeness (QED) is 0.704. The summed E-state index contributed by atoms with van der Waals surface area (Å²) in [5.41, 5.74) is 7.89. The van der Waals surface area contributed by atoms with Crippen LogP contribution in [0.15, 0.2) is 16.6 Å². The molecule has 3 rings (SSSR count). The van der Waals surface area contributed by atoms with Crippen LogP contribution in [-0.2, 0) is 24.1 Å². The molecule has 148 valence electrons. The van der Waals surface area contributed by atoms with E-state index in [-0.39, 0.29) is 23.1 Å². The molecule has 7 nitrogen and oxygen atoms in total. The molecular weight excluding hydrogens is 429 g/mol. The van der Waals surface area contributed by atoms with E-state index in [9.17, 15) is 9.18 Å². The molecule has 2 heterocycles. The Hall–Kier alpha value is -2.60. The van der Waals surface area contributed by atoms with Crippen LogP contribution in [0.4, 0.5) is 14.9 Å². The third-order valence-electron chi connectivity index (χ3n) is 4.38. The predicted octanol–water partition coefficient (Wildman–Crippen LogP) is 3.72. The summed E-state index contributed by atoms with van der Waals surface area (Å²) in [5.74, 6) is -0.560. The smallest absolute Gasteiger partial charge is 0.410 e. The number of aromatic nitrogens is 2. The summed E-state index contributed by atoms with van der Waals surface area (Å²) in [6.45, 7) is 6.14. The minimum Gasteiger partial charge on any atom is -0.444 e. The van der Waals surface area contributed by atoms with Gasteiger partial charge in [-0.2, -0.15) is 10.4 Å². The molecule has 0 unspecified atom stereocenters. The van der Waals surface area contributed by atoms with E-state index in [2.05, 4.69) is 27.1 Å². The number of carbonyl (C=O) groups excluding carboxylic acids is 1. The first-order chi connectivity index (χ1) is 13.1. The molecule has 2 N–H and O–H groups in total. The zero-order valence-corrected chi connectivity index (χ0v) is 17.5. The summed E-state index contributed by atoms with van der Waals surface area (Å²) < 4.78 is 21.6. The summed E-state index contributed by atoms with van der Waals surface area (Å²) in [7, 11) is 0. The van der Waals surface area contributed by atoms with Gasteiger partial charge in [0.2, 0.25) is 0 Å². The maximum atomic E-state index is 14.3. The molecule has 9 heteroatoms. The minimum atomic E-state index is -0.597. The molecule has 0 spiro atoms. The SMILES string of the molecule is CC(C)(C)OC(=O)N1CCc2c(c(CC#N)nn2-c2ccc(Br)c(F)c2N)C1. The van der Waals surface area contributed by atoms with Crippen LogP contribution < -0.4 is 5.73 Å². The number of anilines is 1. The lowest BCUT2D eigenvalue weighted by Crippen LogP contribution is -2.40. The van der Waals surface area contributed by atoms with Crippen molar-refractivity contribution < 1.29 is 13.9 Å². The predicted molar refractivity (Wildman–Crippen MR) is 105 cm³/mol. The number of benzene rings is 1. The van der Waals surface area contributed by atoms with Gasteiger partial charge in [-0.1, -0.05) is 0 Å². The summed E-state index contributed by atoms with van der Waals surface area (Å²) in [4.78, 5) is 14.0. The topological polar surface area (TPSA) is 97.2 Å². The lowest BCUT2D eigenvalue weighted by Gasteiger charge is -2.30. The van der Waals surface area contributed by atoms with Crippen molar-refractivity contribution in [3.63, 3.8) is 0 Å². The number of fused-ring (bicyclic) bond motifs is 1. The molecule has 2 aromatic rings. The molecular formula is C19H21BrFN5O2. The van der Waals surface area contributed by atoms with Gasteiger partial charge in [0.15, 0.2) is 5.82 Å². The standard InChI is InChI=1S/C19H21BrFN5O2/c1-19(2,3)28-18(27)25-9-7-14-11(10-25)13(6-8-22)24-26(14)15-5-4-12(20)16(21)17(15)23/h4-5H,6-7,9-10,23H2,1-3H3. The number of hydrogen-bond acceptors (Lipinski definition) is 5. The van der Waals surface area contributed by atoms with Gasteiger partial charge in [0, 0.05) is 18.5 Å². The van der Waals surface area contributed by atoms with Crippen LogP contribution >= 0.6 is 15.9 Å². The minimum absolute atomic E-state index is 0.0299. The number of halogens is 2. The van der Waals surface area contributed by atoms with Gasteiger partial charge < -0.3 is 15.4 Å². The fraction of sp³-hybridized carbons (Fsp3) is 0.421. The van der Waals surface area contributed by atoms with Crippen molar-refractivity contribution in [2.24, 2.45) is 0 Å². The number of ether oxygens (including phenoxy) is 1. The van der Waals surface area contributed by atoms with Crippen molar-refractivity contribution in [1.82, 2.24) is 14.7 Å². The van der Waals surface area contributed by atoms with Crippen LogP contribution in [0.2, 0.25) is 0 Å². The molecule has 0 aliphatic carbocycles. The van der Waals surface area contributed by atoms with Gasteiger partial charge in [-0.25, -0.2) is 13.9 Å². The Bertz CT molecular complexity index is 974. The van der Waals surface area contributed by atoms with Crippen LogP contribution in [0.5, 0.6) is 0 Å². The maximum absolute atomic E-state index is 14.3. The van der Waals surface area contributed by atoms with E-state index in [0.717, 1.165) is 11.3 Å². The lowest BCUT2D eigenvalue weighted by atomic mass is 10.0. The van der Waals surface area contributed by atoms with Crippen molar-refractivity contribution >= 4 is 27.7 Å². The molecule has 1 aromatic carbocycles. The Kier molecular flexibility index (Phi) is 5.35. The second-order valence-electron chi connectivity index (χ2n) is 7.56. The van der Waals surface area contributed by atoms with Crippen LogP contribution in [0.3, 0.4) is 0 Å². The lowest BCUT2D eigenvalue weighted by molar-refractivity contribution is 0.0222. The summed E-state index contributed by atoms with van der Waals surface area (Å²) >= 11 is 3.12. The molecule has 0 saturated carbocycles. The van der Waals surface area contributed by atoms with E-state index in [0.29, 0.717) is 24.3 Å². The average molecular weight is 450 g/mol. The fourth-order valence-electron chi connectivity index (χ4n) is 3.13. The second-order valence-corrected chi connectivity index (χ2v) is 8.42. The van der Waals surface area contributed by atoms with Gasteiger partial charge in [0.25, 0.3) is 0 Å². The third kappa shape index (κ3) is 3.83. The van der Waals surface area contributed by atoms with Gasteiger partial charge in [-0.3, -0.25) is 0 Å². The van der Waals surface area contributed by atoms with E-state index >= 15 is 0 Å². The Balaban J connectivity index is 2.01. The Morgan fingerprint density at radius 1 is 1.46 bits per heavy atom. The van der Waals surface area contributed by atoms with E-state index < -0.39 is 17.5 Å². The number of rotatable bonds is 2. The first-order valence-electron chi connectivity index (χ1n) is 8.80. The highest BCUT2D eigenvalue weighted by atomic mass is 79.9. The number of nitrogen functional groups attached to an aromatic ring is 1. The number of nitriles is 1. The highest BCUT2D eigenvalue weighted by Crippen LogP contribution is 2.31. The number of hydrogen-bond donors (Lipinski definition) is 1. The first-order valence-corrected chi connectivity index (χ1v) is 9.60. The highest BCUT2D eigenvalue weighted by Gasteiger charge is 2.31. The number of carbonyl (C=O) groups is 1. The van der Waals surface area contributed by atoms with Crippen LogP contribution in [0, 0.1) is 17.1 Å². The molecule has 1 aliphatic rings. The molecule has 1 aliphatic heterocycles. The molecule has 0 fully saturated rings. The Morgan fingerprint density at radius 2 is 2.18 bits per heavy atom.